The van der Waals surface area contributed by atoms with Crippen LogP contribution < -0.4 is 4.90 Å². The molecule has 1 aromatic heterocycles. The second kappa shape index (κ2) is 11.9. The van der Waals surface area contributed by atoms with Crippen molar-refractivity contribution in [3.05, 3.63) is 100 Å². The molecule has 0 unspecified atom stereocenters. The van der Waals surface area contributed by atoms with Crippen molar-refractivity contribution in [1.29, 1.82) is 0 Å². The van der Waals surface area contributed by atoms with Crippen LogP contribution in [0.5, 0.6) is 0 Å². The fourth-order valence-electron chi connectivity index (χ4n) is 6.92. The molecule has 0 spiro atoms. The van der Waals surface area contributed by atoms with Gasteiger partial charge >= 0.3 is 12.4 Å². The van der Waals surface area contributed by atoms with Crippen LogP contribution >= 0.6 is 0 Å². The highest BCUT2D eigenvalue weighted by atomic mass is 19.4. The van der Waals surface area contributed by atoms with Crippen LogP contribution in [0, 0.1) is 17.8 Å². The molecule has 3 heterocycles. The summed E-state index contributed by atoms with van der Waals surface area (Å²) in [5.74, 6) is -3.11. The maximum Gasteiger partial charge on any atom is 0.416 e. The Kier molecular flexibility index (Phi) is 8.22. The summed E-state index contributed by atoms with van der Waals surface area (Å²) in [6.07, 6.45) is -7.62. The molecule has 2 amide bonds. The molecule has 2 aliphatic heterocycles. The number of aliphatic hydroxyl groups is 1. The summed E-state index contributed by atoms with van der Waals surface area (Å²) in [6.45, 7) is 1.67. The van der Waals surface area contributed by atoms with Crippen LogP contribution in [0.25, 0.3) is 11.6 Å². The van der Waals surface area contributed by atoms with Gasteiger partial charge in [0.25, 0.3) is 0 Å². The summed E-state index contributed by atoms with van der Waals surface area (Å²) >= 11 is 0. The molecule has 1 N–H and O–H groups in total. The number of carbonyl (C=O) groups is 2. The lowest BCUT2D eigenvalue weighted by Gasteiger charge is -2.30. The molecular formula is C34H29F6NO5. The minimum atomic E-state index is -5.13. The summed E-state index contributed by atoms with van der Waals surface area (Å²) in [7, 11) is 0. The van der Waals surface area contributed by atoms with E-state index in [4.69, 9.17) is 9.15 Å². The molecule has 242 valence electrons. The highest BCUT2D eigenvalue weighted by molar-refractivity contribution is 6.22. The van der Waals surface area contributed by atoms with Gasteiger partial charge in [-0.3, -0.25) is 9.59 Å². The highest BCUT2D eigenvalue weighted by Gasteiger charge is 2.57. The Labute approximate surface area is 259 Å². The summed E-state index contributed by atoms with van der Waals surface area (Å²) in [4.78, 5) is 27.7. The van der Waals surface area contributed by atoms with Crippen molar-refractivity contribution in [2.45, 2.75) is 51.2 Å². The number of hydrogen-bond donors (Lipinski definition) is 1. The number of allylic oxidation sites excluding steroid dienone is 2. The van der Waals surface area contributed by atoms with Crippen molar-refractivity contribution < 1.29 is 50.2 Å². The second-order valence-corrected chi connectivity index (χ2v) is 11.8. The summed E-state index contributed by atoms with van der Waals surface area (Å²) in [5, 5.41) is 9.38. The number of anilines is 1. The molecule has 4 atom stereocenters. The molecule has 3 aliphatic rings. The molecule has 2 fully saturated rings. The zero-order chi connectivity index (χ0) is 33.0. The molecular weight excluding hydrogens is 616 g/mol. The van der Waals surface area contributed by atoms with E-state index in [0.717, 1.165) is 22.3 Å². The number of furan rings is 1. The maximum absolute atomic E-state index is 13.7. The number of alkyl halides is 6. The largest absolute Gasteiger partial charge is 0.459 e. The molecule has 1 aliphatic carbocycles. The SMILES string of the molecule is CC1=C2[C@@H](CC/C(=C/c3ccc(CO)o3)c3ccccc3)OC[C@@H]2[C@@H]2C(=O)N(c3cc(C(F)(F)F)cc(C(F)(F)F)c3)C(=O)[C@@H]2C1. The number of fused-ring (bicyclic) bond motifs is 3. The van der Waals surface area contributed by atoms with E-state index in [1.807, 2.05) is 43.3 Å². The Bertz CT molecular complexity index is 1690. The number of aliphatic hydroxyl groups excluding tert-OH is 1. The highest BCUT2D eigenvalue weighted by Crippen LogP contribution is 2.51. The maximum atomic E-state index is 13.7. The monoisotopic (exact) mass is 645 g/mol. The third-order valence-corrected chi connectivity index (χ3v) is 8.96. The summed E-state index contributed by atoms with van der Waals surface area (Å²) < 4.78 is 93.2. The lowest BCUT2D eigenvalue weighted by Crippen LogP contribution is -2.34. The number of benzene rings is 2. The summed E-state index contributed by atoms with van der Waals surface area (Å²) in [5.41, 5.74) is -0.409. The van der Waals surface area contributed by atoms with Crippen LogP contribution in [0.3, 0.4) is 0 Å². The van der Waals surface area contributed by atoms with Gasteiger partial charge in [0.1, 0.15) is 18.1 Å². The lowest BCUT2D eigenvalue weighted by atomic mass is 9.70. The number of rotatable bonds is 7. The average molecular weight is 646 g/mol. The van der Waals surface area contributed by atoms with Crippen molar-refractivity contribution in [3.8, 4) is 0 Å². The van der Waals surface area contributed by atoms with E-state index in [9.17, 15) is 41.0 Å². The van der Waals surface area contributed by atoms with Gasteiger partial charge in [-0.25, -0.2) is 4.90 Å². The van der Waals surface area contributed by atoms with Crippen molar-refractivity contribution in [3.63, 3.8) is 0 Å². The lowest BCUT2D eigenvalue weighted by molar-refractivity contribution is -0.143. The van der Waals surface area contributed by atoms with Crippen molar-refractivity contribution in [2.75, 3.05) is 11.5 Å². The first-order valence-corrected chi connectivity index (χ1v) is 14.7. The van der Waals surface area contributed by atoms with E-state index in [1.165, 1.54) is 0 Å². The standard InChI is InChI=1S/C34H29F6NO5/c1-18-11-26-30(32(44)41(31(26)43)23-14-21(33(35,36)37)13-22(15-23)34(38,39)40)27-17-45-28(29(18)27)10-7-20(19-5-3-2-4-6-19)12-24-8-9-25(16-42)46-24/h2-6,8-9,12-15,26-28,30,42H,7,10-11,16-17H2,1H3/b20-12-/t26-,27+,28-,30-/m1/s1. The zero-order valence-electron chi connectivity index (χ0n) is 24.5. The Balaban J connectivity index is 1.26. The number of imide groups is 1. The van der Waals surface area contributed by atoms with Crippen LogP contribution in [-0.4, -0.2) is 29.6 Å². The molecule has 2 aromatic carbocycles. The van der Waals surface area contributed by atoms with Crippen molar-refractivity contribution >= 4 is 29.2 Å². The third-order valence-electron chi connectivity index (χ3n) is 8.96. The third kappa shape index (κ3) is 5.91. The van der Waals surface area contributed by atoms with Crippen molar-refractivity contribution in [2.24, 2.45) is 17.8 Å². The van der Waals surface area contributed by atoms with Gasteiger partial charge in [0.05, 0.1) is 41.4 Å². The summed E-state index contributed by atoms with van der Waals surface area (Å²) in [6, 6.07) is 13.8. The number of nitrogens with zero attached hydrogens (tertiary/aromatic N) is 1. The predicted molar refractivity (Wildman–Crippen MR) is 155 cm³/mol. The predicted octanol–water partition coefficient (Wildman–Crippen LogP) is 7.67. The Morgan fingerprint density at radius 2 is 1.61 bits per heavy atom. The van der Waals surface area contributed by atoms with Gasteiger partial charge < -0.3 is 14.3 Å². The number of ether oxygens (including phenoxy) is 1. The Hall–Kier alpha value is -4.16. The normalized spacial score (nSPS) is 23.7. The smallest absolute Gasteiger partial charge is 0.416 e. The van der Waals surface area contributed by atoms with Gasteiger partial charge in [0, 0.05) is 5.92 Å². The molecule has 46 heavy (non-hydrogen) atoms. The van der Waals surface area contributed by atoms with E-state index in [2.05, 4.69) is 0 Å². The fourth-order valence-corrected chi connectivity index (χ4v) is 6.92. The molecule has 6 rings (SSSR count). The van der Waals surface area contributed by atoms with Crippen molar-refractivity contribution in [1.82, 2.24) is 0 Å². The van der Waals surface area contributed by atoms with E-state index < -0.39 is 64.8 Å². The molecule has 0 bridgehead atoms. The number of carbonyl (C=O) groups excluding carboxylic acids is 2. The second-order valence-electron chi connectivity index (χ2n) is 11.8. The van der Waals surface area contributed by atoms with E-state index in [1.54, 1.807) is 12.1 Å². The quantitative estimate of drug-likeness (QED) is 0.162. The van der Waals surface area contributed by atoms with E-state index >= 15 is 0 Å². The minimum absolute atomic E-state index is 0.0314. The van der Waals surface area contributed by atoms with Crippen LogP contribution in [0.2, 0.25) is 0 Å². The Morgan fingerprint density at radius 1 is 0.935 bits per heavy atom. The number of amides is 2. The van der Waals surface area contributed by atoms with Crippen LogP contribution in [-0.2, 0) is 33.3 Å². The Morgan fingerprint density at radius 3 is 2.22 bits per heavy atom. The van der Waals surface area contributed by atoms with Gasteiger partial charge in [-0.05, 0) is 79.3 Å². The number of halogens is 6. The topological polar surface area (TPSA) is 80.0 Å². The molecule has 0 saturated carbocycles. The zero-order valence-corrected chi connectivity index (χ0v) is 24.5. The van der Waals surface area contributed by atoms with E-state index in [0.29, 0.717) is 41.4 Å². The van der Waals surface area contributed by atoms with Gasteiger partial charge in [-0.1, -0.05) is 35.9 Å². The first-order valence-electron chi connectivity index (χ1n) is 14.7. The molecule has 2 saturated heterocycles. The van der Waals surface area contributed by atoms with Gasteiger partial charge in [0.2, 0.25) is 11.8 Å². The average Bonchev–Trinajstić information content (AvgIpc) is 3.71. The fraction of sp³-hybridized carbons (Fsp3) is 0.353. The first kappa shape index (κ1) is 31.8. The molecule has 3 aromatic rings. The minimum Gasteiger partial charge on any atom is -0.459 e. The molecule has 6 nitrogen and oxygen atoms in total. The first-order chi connectivity index (χ1) is 21.8. The van der Waals surface area contributed by atoms with Gasteiger partial charge in [-0.2, -0.15) is 26.3 Å². The molecule has 0 radical (unpaired) electrons. The molecule has 12 heteroatoms. The van der Waals surface area contributed by atoms with Crippen LogP contribution in [0.15, 0.2) is 76.2 Å². The van der Waals surface area contributed by atoms with Gasteiger partial charge in [-0.15, -0.1) is 0 Å². The van der Waals surface area contributed by atoms with Gasteiger partial charge in [0.15, 0.2) is 0 Å². The van der Waals surface area contributed by atoms with Crippen LogP contribution in [0.4, 0.5) is 32.0 Å². The van der Waals surface area contributed by atoms with E-state index in [-0.39, 0.29) is 25.7 Å². The van der Waals surface area contributed by atoms with Crippen LogP contribution in [0.1, 0.15) is 54.4 Å². The number of hydrogen-bond acceptors (Lipinski definition) is 5.